The topological polar surface area (TPSA) is 75.7 Å². The van der Waals surface area contributed by atoms with Crippen LogP contribution in [0.15, 0.2) is 52.3 Å². The zero-order valence-electron chi connectivity index (χ0n) is 15.2. The van der Waals surface area contributed by atoms with Gasteiger partial charge in [0.15, 0.2) is 0 Å². The molecule has 6 nitrogen and oxygen atoms in total. The molecule has 2 rings (SSSR count). The van der Waals surface area contributed by atoms with Gasteiger partial charge >= 0.3 is 0 Å². The third-order valence-corrected chi connectivity index (χ3v) is 6.37. The number of carbonyl (C=O) groups excluding carboxylic acids is 1. The van der Waals surface area contributed by atoms with Crippen molar-refractivity contribution < 1.29 is 22.3 Å². The summed E-state index contributed by atoms with van der Waals surface area (Å²) >= 11 is 1.06. The first-order valence-corrected chi connectivity index (χ1v) is 10.5. The number of sulfonamides is 1. The molecular weight excluding hydrogens is 391 g/mol. The molecule has 0 radical (unpaired) electrons. The lowest BCUT2D eigenvalue weighted by Gasteiger charge is -2.16. The van der Waals surface area contributed by atoms with E-state index < -0.39 is 15.8 Å². The number of hydrogen-bond donors (Lipinski definition) is 1. The summed E-state index contributed by atoms with van der Waals surface area (Å²) in [6, 6.07) is 10.6. The van der Waals surface area contributed by atoms with E-state index in [2.05, 4.69) is 5.32 Å². The summed E-state index contributed by atoms with van der Waals surface area (Å²) in [5.74, 6) is -0.564. The Morgan fingerprint density at radius 3 is 2.56 bits per heavy atom. The number of amides is 1. The van der Waals surface area contributed by atoms with Gasteiger partial charge in [0.2, 0.25) is 15.9 Å². The highest BCUT2D eigenvalue weighted by Crippen LogP contribution is 2.29. The number of rotatable bonds is 8. The van der Waals surface area contributed by atoms with E-state index in [1.54, 1.807) is 31.2 Å². The van der Waals surface area contributed by atoms with E-state index in [0.717, 1.165) is 16.1 Å². The third kappa shape index (κ3) is 5.44. The maximum absolute atomic E-state index is 13.6. The van der Waals surface area contributed by atoms with Crippen molar-refractivity contribution >= 4 is 33.4 Å². The maximum atomic E-state index is 13.6. The second kappa shape index (κ2) is 9.20. The number of nitrogens with zero attached hydrogens (tertiary/aromatic N) is 1. The lowest BCUT2D eigenvalue weighted by atomic mass is 10.3. The third-order valence-electron chi connectivity index (χ3n) is 3.48. The first-order chi connectivity index (χ1) is 12.8. The second-order valence-corrected chi connectivity index (χ2v) is 8.79. The van der Waals surface area contributed by atoms with Crippen LogP contribution in [0.25, 0.3) is 0 Å². The summed E-state index contributed by atoms with van der Waals surface area (Å²) in [5.41, 5.74) is 0.318. The van der Waals surface area contributed by atoms with Crippen LogP contribution in [-0.4, -0.2) is 45.1 Å². The van der Waals surface area contributed by atoms with E-state index in [0.29, 0.717) is 17.2 Å². The molecule has 0 unspecified atom stereocenters. The fraction of sp³-hybridized carbons (Fsp3) is 0.278. The van der Waals surface area contributed by atoms with E-state index in [1.165, 1.54) is 32.3 Å². The second-order valence-electron chi connectivity index (χ2n) is 5.65. The molecule has 0 fully saturated rings. The molecule has 0 aliphatic heterocycles. The van der Waals surface area contributed by atoms with Crippen LogP contribution in [0.3, 0.4) is 0 Å². The first kappa shape index (κ1) is 21.2. The van der Waals surface area contributed by atoms with Gasteiger partial charge in [-0.05, 0) is 37.3 Å². The van der Waals surface area contributed by atoms with Gasteiger partial charge in [0, 0.05) is 24.7 Å². The summed E-state index contributed by atoms with van der Waals surface area (Å²) in [4.78, 5) is 12.5. The summed E-state index contributed by atoms with van der Waals surface area (Å²) in [5, 5.41) is 2.63. The Labute approximate surface area is 162 Å². The Morgan fingerprint density at radius 2 is 1.93 bits per heavy atom. The predicted molar refractivity (Wildman–Crippen MR) is 104 cm³/mol. The zero-order chi connectivity index (χ0) is 20.0. The Kier molecular flexibility index (Phi) is 7.23. The highest BCUT2D eigenvalue weighted by molar-refractivity contribution is 8.00. The number of ether oxygens (including phenoxy) is 1. The molecule has 27 heavy (non-hydrogen) atoms. The molecule has 146 valence electrons. The van der Waals surface area contributed by atoms with Crippen molar-refractivity contribution in [2.75, 3.05) is 31.8 Å². The lowest BCUT2D eigenvalue weighted by molar-refractivity contribution is -0.113. The summed E-state index contributed by atoms with van der Waals surface area (Å²) in [6.45, 7) is 2.06. The number of thioether (sulfide) groups is 1. The Bertz CT molecular complexity index is 917. The van der Waals surface area contributed by atoms with Crippen LogP contribution in [0, 0.1) is 5.82 Å². The molecule has 0 saturated carbocycles. The molecule has 1 N–H and O–H groups in total. The predicted octanol–water partition coefficient (Wildman–Crippen LogP) is 3.21. The summed E-state index contributed by atoms with van der Waals surface area (Å²) in [7, 11) is -0.911. The van der Waals surface area contributed by atoms with Gasteiger partial charge in [0.05, 0.1) is 12.4 Å². The maximum Gasteiger partial charge on any atom is 0.246 e. The van der Waals surface area contributed by atoms with Gasteiger partial charge in [-0.1, -0.05) is 12.1 Å². The minimum atomic E-state index is -3.75. The number of anilines is 1. The van der Waals surface area contributed by atoms with Gasteiger partial charge in [0.25, 0.3) is 0 Å². The van der Waals surface area contributed by atoms with Crippen LogP contribution >= 0.6 is 11.8 Å². The number of halogens is 1. The van der Waals surface area contributed by atoms with E-state index in [1.807, 2.05) is 0 Å². The van der Waals surface area contributed by atoms with Crippen molar-refractivity contribution in [2.24, 2.45) is 0 Å². The number of hydrogen-bond acceptors (Lipinski definition) is 5. The highest BCUT2D eigenvalue weighted by atomic mass is 32.2. The average molecular weight is 413 g/mol. The van der Waals surface area contributed by atoms with Crippen molar-refractivity contribution in [1.29, 1.82) is 0 Å². The van der Waals surface area contributed by atoms with Crippen molar-refractivity contribution in [3.63, 3.8) is 0 Å². The molecule has 0 aromatic heterocycles. The summed E-state index contributed by atoms with van der Waals surface area (Å²) < 4.78 is 45.1. The van der Waals surface area contributed by atoms with Gasteiger partial charge in [-0.3, -0.25) is 4.79 Å². The van der Waals surface area contributed by atoms with E-state index in [9.17, 15) is 17.6 Å². The largest absolute Gasteiger partial charge is 0.492 e. The molecule has 0 saturated heterocycles. The monoisotopic (exact) mass is 412 g/mol. The molecule has 0 aliphatic carbocycles. The van der Waals surface area contributed by atoms with E-state index in [4.69, 9.17) is 4.74 Å². The first-order valence-electron chi connectivity index (χ1n) is 8.12. The van der Waals surface area contributed by atoms with Crippen molar-refractivity contribution in [2.45, 2.75) is 16.7 Å². The number of nitrogens with one attached hydrogen (secondary N) is 1. The lowest BCUT2D eigenvalue weighted by Crippen LogP contribution is -2.23. The molecule has 0 bridgehead atoms. The van der Waals surface area contributed by atoms with Crippen molar-refractivity contribution in [3.8, 4) is 5.75 Å². The van der Waals surface area contributed by atoms with Gasteiger partial charge in [-0.25, -0.2) is 17.1 Å². The van der Waals surface area contributed by atoms with Crippen molar-refractivity contribution in [3.05, 3.63) is 48.3 Å². The van der Waals surface area contributed by atoms with Crippen LogP contribution < -0.4 is 10.1 Å². The van der Waals surface area contributed by atoms with E-state index >= 15 is 0 Å². The minimum Gasteiger partial charge on any atom is -0.492 e. The van der Waals surface area contributed by atoms with Gasteiger partial charge < -0.3 is 10.1 Å². The molecule has 0 heterocycles. The molecule has 0 aliphatic rings. The quantitative estimate of drug-likeness (QED) is 0.674. The van der Waals surface area contributed by atoms with Gasteiger partial charge in [-0.2, -0.15) is 0 Å². The normalized spacial score (nSPS) is 11.4. The number of carbonyl (C=O) groups is 1. The average Bonchev–Trinajstić information content (AvgIpc) is 2.62. The smallest absolute Gasteiger partial charge is 0.246 e. The van der Waals surface area contributed by atoms with Crippen LogP contribution in [0.4, 0.5) is 10.1 Å². The zero-order valence-corrected chi connectivity index (χ0v) is 16.9. The highest BCUT2D eigenvalue weighted by Gasteiger charge is 2.23. The fourth-order valence-electron chi connectivity index (χ4n) is 2.16. The van der Waals surface area contributed by atoms with Crippen LogP contribution in [0.2, 0.25) is 0 Å². The SMILES string of the molecule is CCOc1ccc(NC(=O)CSc2ccccc2F)cc1S(=O)(=O)N(C)C. The molecule has 1 amide bonds. The summed E-state index contributed by atoms with van der Waals surface area (Å²) in [6.07, 6.45) is 0. The molecule has 2 aromatic rings. The Morgan fingerprint density at radius 1 is 1.22 bits per heavy atom. The minimum absolute atomic E-state index is 0.0100. The molecule has 9 heteroatoms. The van der Waals surface area contributed by atoms with E-state index in [-0.39, 0.29) is 22.3 Å². The van der Waals surface area contributed by atoms with Crippen LogP contribution in [0.5, 0.6) is 5.75 Å². The molecule has 2 aromatic carbocycles. The van der Waals surface area contributed by atoms with Crippen LogP contribution in [0.1, 0.15) is 6.92 Å². The fourth-order valence-corrected chi connectivity index (χ4v) is 3.95. The van der Waals surface area contributed by atoms with Crippen LogP contribution in [-0.2, 0) is 14.8 Å². The number of benzene rings is 2. The Hall–Kier alpha value is -2.10. The van der Waals surface area contributed by atoms with Crippen molar-refractivity contribution in [1.82, 2.24) is 4.31 Å². The van der Waals surface area contributed by atoms with Gasteiger partial charge in [0.1, 0.15) is 16.5 Å². The van der Waals surface area contributed by atoms with Gasteiger partial charge in [-0.15, -0.1) is 11.8 Å². The molecular formula is C18H21FN2O4S2. The Balaban J connectivity index is 2.16. The standard InChI is InChI=1S/C18H21FN2O4S2/c1-4-25-15-10-9-13(11-17(15)27(23,24)21(2)3)20-18(22)12-26-16-8-6-5-7-14(16)19/h5-11H,4,12H2,1-3H3,(H,20,22). The molecule has 0 spiro atoms. The molecule has 0 atom stereocenters.